The lowest BCUT2D eigenvalue weighted by Crippen LogP contribution is -2.46. The second-order valence-electron chi connectivity index (χ2n) is 6.15. The van der Waals surface area contributed by atoms with Crippen molar-refractivity contribution in [2.24, 2.45) is 11.3 Å². The van der Waals surface area contributed by atoms with E-state index in [-0.39, 0.29) is 18.6 Å². The third-order valence-electron chi connectivity index (χ3n) is 4.18. The van der Waals surface area contributed by atoms with Gasteiger partial charge in [-0.1, -0.05) is 19.8 Å². The standard InChI is InChI=1S/C14H29NO2/c1-12(2)15(7-8-16)10-14(11-17)6-4-5-13(3)9-14/h12-13,16-17H,4-11H2,1-3H3. The zero-order valence-electron chi connectivity index (χ0n) is 11.7. The number of aliphatic hydroxyl groups excluding tert-OH is 2. The Morgan fingerprint density at radius 3 is 2.53 bits per heavy atom. The van der Waals surface area contributed by atoms with Crippen LogP contribution in [0.5, 0.6) is 0 Å². The largest absolute Gasteiger partial charge is 0.396 e. The van der Waals surface area contributed by atoms with E-state index in [2.05, 4.69) is 25.7 Å². The highest BCUT2D eigenvalue weighted by atomic mass is 16.3. The molecule has 1 rings (SSSR count). The Labute approximate surface area is 106 Å². The average Bonchev–Trinajstić information content (AvgIpc) is 2.28. The molecule has 3 heteroatoms. The first-order valence-electron chi connectivity index (χ1n) is 6.99. The van der Waals surface area contributed by atoms with E-state index < -0.39 is 0 Å². The van der Waals surface area contributed by atoms with Gasteiger partial charge in [0.1, 0.15) is 0 Å². The van der Waals surface area contributed by atoms with Crippen LogP contribution in [0.4, 0.5) is 0 Å². The summed E-state index contributed by atoms with van der Waals surface area (Å²) in [5, 5.41) is 18.9. The van der Waals surface area contributed by atoms with Crippen LogP contribution in [-0.4, -0.2) is 47.5 Å². The Morgan fingerprint density at radius 1 is 1.35 bits per heavy atom. The fraction of sp³-hybridized carbons (Fsp3) is 1.00. The SMILES string of the molecule is CC1CCCC(CO)(CN(CCO)C(C)C)C1. The molecule has 1 saturated carbocycles. The number of nitrogens with zero attached hydrogens (tertiary/aromatic N) is 1. The first-order valence-corrected chi connectivity index (χ1v) is 6.99. The fourth-order valence-electron chi connectivity index (χ4n) is 3.19. The van der Waals surface area contributed by atoms with Crippen molar-refractivity contribution in [3.05, 3.63) is 0 Å². The molecule has 0 radical (unpaired) electrons. The van der Waals surface area contributed by atoms with Gasteiger partial charge < -0.3 is 10.2 Å². The molecule has 102 valence electrons. The summed E-state index contributed by atoms with van der Waals surface area (Å²) in [6.45, 7) is 8.73. The molecule has 0 aromatic carbocycles. The Bertz CT molecular complexity index is 220. The van der Waals surface area contributed by atoms with E-state index in [4.69, 9.17) is 5.11 Å². The van der Waals surface area contributed by atoms with Gasteiger partial charge in [0.25, 0.3) is 0 Å². The summed E-state index contributed by atoms with van der Waals surface area (Å²) in [5.74, 6) is 0.721. The lowest BCUT2D eigenvalue weighted by Gasteiger charge is -2.43. The third-order valence-corrected chi connectivity index (χ3v) is 4.18. The summed E-state index contributed by atoms with van der Waals surface area (Å²) in [6, 6.07) is 0.433. The average molecular weight is 243 g/mol. The summed E-state index contributed by atoms with van der Waals surface area (Å²) < 4.78 is 0. The first-order chi connectivity index (χ1) is 8.03. The van der Waals surface area contributed by atoms with Crippen molar-refractivity contribution < 1.29 is 10.2 Å². The second kappa shape index (κ2) is 6.72. The van der Waals surface area contributed by atoms with Crippen LogP contribution in [0.2, 0.25) is 0 Å². The van der Waals surface area contributed by atoms with E-state index in [0.29, 0.717) is 12.6 Å². The van der Waals surface area contributed by atoms with Gasteiger partial charge in [-0.3, -0.25) is 4.90 Å². The van der Waals surface area contributed by atoms with Gasteiger partial charge in [-0.05, 0) is 32.6 Å². The molecular weight excluding hydrogens is 214 g/mol. The summed E-state index contributed by atoms with van der Waals surface area (Å²) in [5.41, 5.74) is 0.0666. The minimum Gasteiger partial charge on any atom is -0.396 e. The zero-order valence-corrected chi connectivity index (χ0v) is 11.7. The highest BCUT2D eigenvalue weighted by Crippen LogP contribution is 2.39. The van der Waals surface area contributed by atoms with Crippen LogP contribution in [0.15, 0.2) is 0 Å². The van der Waals surface area contributed by atoms with Crippen molar-refractivity contribution in [2.45, 2.75) is 52.5 Å². The Balaban J connectivity index is 2.65. The summed E-state index contributed by atoms with van der Waals surface area (Å²) >= 11 is 0. The van der Waals surface area contributed by atoms with Gasteiger partial charge >= 0.3 is 0 Å². The number of hydrogen-bond acceptors (Lipinski definition) is 3. The molecule has 0 bridgehead atoms. The van der Waals surface area contributed by atoms with E-state index in [1.165, 1.54) is 12.8 Å². The van der Waals surface area contributed by atoms with Gasteiger partial charge in [-0.25, -0.2) is 0 Å². The maximum absolute atomic E-state index is 9.77. The lowest BCUT2D eigenvalue weighted by atomic mass is 9.70. The van der Waals surface area contributed by atoms with Crippen molar-refractivity contribution in [1.29, 1.82) is 0 Å². The molecule has 0 amide bonds. The van der Waals surface area contributed by atoms with Crippen LogP contribution >= 0.6 is 0 Å². The molecule has 2 N–H and O–H groups in total. The first kappa shape index (κ1) is 14.9. The summed E-state index contributed by atoms with van der Waals surface area (Å²) in [7, 11) is 0. The van der Waals surface area contributed by atoms with Gasteiger partial charge in [0.05, 0.1) is 6.61 Å². The minimum atomic E-state index is 0.0666. The van der Waals surface area contributed by atoms with Gasteiger partial charge in [-0.15, -0.1) is 0 Å². The van der Waals surface area contributed by atoms with Crippen molar-refractivity contribution in [2.75, 3.05) is 26.3 Å². The molecule has 1 aliphatic carbocycles. The molecule has 0 aromatic heterocycles. The van der Waals surface area contributed by atoms with Gasteiger partial charge in [-0.2, -0.15) is 0 Å². The predicted molar refractivity (Wildman–Crippen MR) is 70.9 cm³/mol. The number of rotatable bonds is 6. The molecule has 0 spiro atoms. The fourth-order valence-corrected chi connectivity index (χ4v) is 3.19. The smallest absolute Gasteiger partial charge is 0.0558 e. The minimum absolute atomic E-state index is 0.0666. The van der Waals surface area contributed by atoms with Crippen LogP contribution < -0.4 is 0 Å². The van der Waals surface area contributed by atoms with Crippen LogP contribution in [0.3, 0.4) is 0 Å². The quantitative estimate of drug-likeness (QED) is 0.748. The summed E-state index contributed by atoms with van der Waals surface area (Å²) in [6.07, 6.45) is 4.77. The molecule has 0 aromatic rings. The molecule has 0 saturated heterocycles. The van der Waals surface area contributed by atoms with Crippen molar-refractivity contribution in [1.82, 2.24) is 4.90 Å². The monoisotopic (exact) mass is 243 g/mol. The maximum atomic E-state index is 9.77. The molecular formula is C14H29NO2. The molecule has 17 heavy (non-hydrogen) atoms. The van der Waals surface area contributed by atoms with Gasteiger partial charge in [0, 0.05) is 31.2 Å². The van der Waals surface area contributed by atoms with E-state index in [1.54, 1.807) is 0 Å². The van der Waals surface area contributed by atoms with E-state index in [1.807, 2.05) is 0 Å². The number of aliphatic hydroxyl groups is 2. The molecule has 0 heterocycles. The highest BCUT2D eigenvalue weighted by molar-refractivity contribution is 4.88. The molecule has 2 atom stereocenters. The normalized spacial score (nSPS) is 30.2. The van der Waals surface area contributed by atoms with Gasteiger partial charge in [0.15, 0.2) is 0 Å². The molecule has 1 aliphatic rings. The highest BCUT2D eigenvalue weighted by Gasteiger charge is 2.36. The number of hydrogen-bond donors (Lipinski definition) is 2. The van der Waals surface area contributed by atoms with Crippen LogP contribution in [0.1, 0.15) is 46.5 Å². The summed E-state index contributed by atoms with van der Waals surface area (Å²) in [4.78, 5) is 2.30. The second-order valence-corrected chi connectivity index (χ2v) is 6.15. The maximum Gasteiger partial charge on any atom is 0.0558 e. The molecule has 0 aliphatic heterocycles. The van der Waals surface area contributed by atoms with Crippen molar-refractivity contribution in [3.63, 3.8) is 0 Å². The molecule has 3 nitrogen and oxygen atoms in total. The third kappa shape index (κ3) is 4.23. The molecule has 2 unspecified atom stereocenters. The Kier molecular flexibility index (Phi) is 5.90. The van der Waals surface area contributed by atoms with Gasteiger partial charge in [0.2, 0.25) is 0 Å². The Hall–Kier alpha value is -0.120. The Morgan fingerprint density at radius 2 is 2.06 bits per heavy atom. The van der Waals surface area contributed by atoms with Crippen LogP contribution in [-0.2, 0) is 0 Å². The van der Waals surface area contributed by atoms with E-state index in [9.17, 15) is 5.11 Å². The topological polar surface area (TPSA) is 43.7 Å². The van der Waals surface area contributed by atoms with Crippen LogP contribution in [0, 0.1) is 11.3 Å². The predicted octanol–water partition coefficient (Wildman–Crippen LogP) is 1.88. The van der Waals surface area contributed by atoms with Crippen molar-refractivity contribution >= 4 is 0 Å². The van der Waals surface area contributed by atoms with Crippen LogP contribution in [0.25, 0.3) is 0 Å². The van der Waals surface area contributed by atoms with Crippen molar-refractivity contribution in [3.8, 4) is 0 Å². The zero-order chi connectivity index (χ0) is 12.9. The van der Waals surface area contributed by atoms with E-state index >= 15 is 0 Å². The molecule has 1 fully saturated rings. The van der Waals surface area contributed by atoms with E-state index in [0.717, 1.165) is 25.3 Å². The lowest BCUT2D eigenvalue weighted by molar-refractivity contribution is 0.0100.